The van der Waals surface area contributed by atoms with Crippen molar-refractivity contribution in [1.82, 2.24) is 0 Å². The number of hydrogen-bond acceptors (Lipinski definition) is 0. The molecule has 0 aromatic heterocycles. The van der Waals surface area contributed by atoms with Gasteiger partial charge in [-0.2, -0.15) is 0 Å². The SMILES string of the molecule is c1ccc(-c2cc(-c3ccccc3)cc(C34CCC5(c6cc(-c7ccccc7)cc(-c7ccccc7)c6)CC(c6cc(-c7ccccc7)cc(-c7ccccc7)c6)(C3)CC(c3cc(-c6ccccc6)cc(-c6ccccc6)c3)(C4)C5)c2)cc1. The first-order valence-electron chi connectivity index (χ1n) is 30.0. The summed E-state index contributed by atoms with van der Waals surface area (Å²) in [7, 11) is 0. The van der Waals surface area contributed by atoms with E-state index in [2.05, 4.69) is 315 Å². The molecule has 0 heteroatoms. The summed E-state index contributed by atoms with van der Waals surface area (Å²) in [5, 5.41) is 0. The molecule has 0 N–H and O–H groups in total. The zero-order valence-corrected chi connectivity index (χ0v) is 47.0. The van der Waals surface area contributed by atoms with Crippen LogP contribution in [0.15, 0.2) is 315 Å². The molecule has 0 amide bonds. The first-order valence-corrected chi connectivity index (χ1v) is 30.0. The zero-order valence-electron chi connectivity index (χ0n) is 47.0. The van der Waals surface area contributed by atoms with E-state index >= 15 is 0 Å². The van der Waals surface area contributed by atoms with Crippen molar-refractivity contribution in [3.63, 3.8) is 0 Å². The smallest absolute Gasteiger partial charge is 0.00211 e. The molecule has 12 aromatic carbocycles. The van der Waals surface area contributed by atoms with Crippen molar-refractivity contribution in [2.75, 3.05) is 0 Å². The maximum absolute atomic E-state index is 2.64. The van der Waals surface area contributed by atoms with Gasteiger partial charge in [0.1, 0.15) is 0 Å². The van der Waals surface area contributed by atoms with Crippen molar-refractivity contribution in [3.05, 3.63) is 338 Å². The summed E-state index contributed by atoms with van der Waals surface area (Å²) in [6, 6.07) is 120. The van der Waals surface area contributed by atoms with E-state index in [1.54, 1.807) is 0 Å². The van der Waals surface area contributed by atoms with E-state index in [1.165, 1.54) is 111 Å². The quantitative estimate of drug-likeness (QED) is 0.114. The highest BCUT2D eigenvalue weighted by molar-refractivity contribution is 5.80. The molecule has 4 bridgehead atoms. The normalized spacial score (nSPS) is 20.6. The number of rotatable bonds is 12. The third-order valence-corrected chi connectivity index (χ3v) is 19.5. The van der Waals surface area contributed by atoms with Crippen LogP contribution in [0.1, 0.15) is 67.2 Å². The third-order valence-electron chi connectivity index (χ3n) is 19.5. The molecule has 12 aromatic rings. The molecule has 4 fully saturated rings. The monoisotopic (exact) mass is 1060 g/mol. The van der Waals surface area contributed by atoms with Gasteiger partial charge in [-0.25, -0.2) is 0 Å². The minimum Gasteiger partial charge on any atom is -0.0622 e. The van der Waals surface area contributed by atoms with Crippen LogP contribution in [0.25, 0.3) is 89.0 Å². The molecule has 4 saturated carbocycles. The van der Waals surface area contributed by atoms with Crippen LogP contribution in [-0.4, -0.2) is 0 Å². The molecule has 0 atom stereocenters. The summed E-state index contributed by atoms with van der Waals surface area (Å²) in [5.74, 6) is 0. The first kappa shape index (κ1) is 50.6. The predicted octanol–water partition coefficient (Wildman–Crippen LogP) is 21.8. The Morgan fingerprint density at radius 2 is 0.289 bits per heavy atom. The van der Waals surface area contributed by atoms with Crippen molar-refractivity contribution in [3.8, 4) is 89.0 Å². The number of benzene rings is 12. The van der Waals surface area contributed by atoms with Crippen LogP contribution >= 0.6 is 0 Å². The first-order chi connectivity index (χ1) is 40.9. The van der Waals surface area contributed by atoms with Gasteiger partial charge < -0.3 is 0 Å². The van der Waals surface area contributed by atoms with E-state index in [9.17, 15) is 0 Å². The summed E-state index contributed by atoms with van der Waals surface area (Å²) in [4.78, 5) is 0. The Kier molecular flexibility index (Phi) is 12.7. The van der Waals surface area contributed by atoms with Gasteiger partial charge >= 0.3 is 0 Å². The second-order valence-electron chi connectivity index (χ2n) is 24.6. The largest absolute Gasteiger partial charge is 0.0622 e. The molecule has 0 nitrogen and oxygen atoms in total. The van der Waals surface area contributed by atoms with Gasteiger partial charge in [-0.1, -0.05) is 291 Å². The maximum atomic E-state index is 2.64. The predicted molar refractivity (Wildman–Crippen MR) is 348 cm³/mol. The molecule has 0 spiro atoms. The Balaban J connectivity index is 1.07. The minimum atomic E-state index is -0.275. The average Bonchev–Trinajstić information content (AvgIpc) is 1.99. The van der Waals surface area contributed by atoms with Gasteiger partial charge in [0.25, 0.3) is 0 Å². The number of hydrogen-bond donors (Lipinski definition) is 0. The van der Waals surface area contributed by atoms with E-state index < -0.39 is 0 Å². The number of fused-ring (bicyclic) bond motifs is 1. The molecule has 0 aliphatic heterocycles. The van der Waals surface area contributed by atoms with Gasteiger partial charge in [0, 0.05) is 0 Å². The van der Waals surface area contributed by atoms with E-state index in [4.69, 9.17) is 0 Å². The molecule has 83 heavy (non-hydrogen) atoms. The molecule has 0 radical (unpaired) electrons. The lowest BCUT2D eigenvalue weighted by Crippen LogP contribution is -2.57. The standard InChI is InChI=1S/C83H66/c1-9-25-60(26-10-1)68-43-69(61-27-11-2-12-28-61)48-76(47-68)80-41-42-81(77-49-70(62-29-13-3-14-30-62)44-71(50-77)63-31-15-4-16-32-63)57-82(55-80,78-51-72(64-33-17-5-18-34-64)45-73(52-78)65-35-19-6-20-36-65)59-83(56-80,58-81)79-53-74(66-37-21-7-22-38-66)46-75(54-79)67-39-23-8-24-40-67/h1-40,43-54H,41-42,55-59H2. The summed E-state index contributed by atoms with van der Waals surface area (Å²) < 4.78 is 0. The van der Waals surface area contributed by atoms with Gasteiger partial charge in [-0.05, 0) is 202 Å². The Morgan fingerprint density at radius 3 is 0.458 bits per heavy atom. The molecular weight excluding hydrogens is 997 g/mol. The summed E-state index contributed by atoms with van der Waals surface area (Å²) in [6.45, 7) is 0. The third kappa shape index (κ3) is 9.47. The van der Waals surface area contributed by atoms with Crippen LogP contribution in [0, 0.1) is 0 Å². The summed E-state index contributed by atoms with van der Waals surface area (Å²) in [6.07, 6.45) is 7.31. The average molecular weight is 1060 g/mol. The fourth-order valence-corrected chi connectivity index (χ4v) is 16.0. The zero-order chi connectivity index (χ0) is 55.3. The molecule has 0 heterocycles. The maximum Gasteiger partial charge on any atom is -0.00211 e. The summed E-state index contributed by atoms with van der Waals surface area (Å²) in [5.41, 5.74) is 25.1. The fourth-order valence-electron chi connectivity index (χ4n) is 16.0. The Bertz CT molecular complexity index is 3720. The molecular formula is C83H66. The van der Waals surface area contributed by atoms with Crippen LogP contribution in [0.3, 0.4) is 0 Å². The Hall–Kier alpha value is -9.36. The van der Waals surface area contributed by atoms with Crippen LogP contribution in [-0.2, 0) is 21.7 Å². The Labute approximate surface area is 490 Å². The van der Waals surface area contributed by atoms with Gasteiger partial charge in [-0.15, -0.1) is 0 Å². The molecule has 4 aliphatic rings. The van der Waals surface area contributed by atoms with E-state index in [0.717, 1.165) is 44.9 Å². The van der Waals surface area contributed by atoms with Gasteiger partial charge in [0.05, 0.1) is 0 Å². The van der Waals surface area contributed by atoms with Crippen LogP contribution in [0.2, 0.25) is 0 Å². The topological polar surface area (TPSA) is 0 Å². The van der Waals surface area contributed by atoms with Gasteiger partial charge in [0.2, 0.25) is 0 Å². The molecule has 16 rings (SSSR count). The lowest BCUT2D eigenvalue weighted by Gasteiger charge is -2.62. The van der Waals surface area contributed by atoms with Gasteiger partial charge in [-0.3, -0.25) is 0 Å². The molecule has 0 unspecified atom stereocenters. The van der Waals surface area contributed by atoms with E-state index in [-0.39, 0.29) is 21.7 Å². The summed E-state index contributed by atoms with van der Waals surface area (Å²) >= 11 is 0. The highest BCUT2D eigenvalue weighted by Gasteiger charge is 2.66. The van der Waals surface area contributed by atoms with E-state index in [1.807, 2.05) is 0 Å². The van der Waals surface area contributed by atoms with Crippen LogP contribution < -0.4 is 0 Å². The Morgan fingerprint density at radius 1 is 0.145 bits per heavy atom. The second kappa shape index (κ2) is 20.9. The lowest BCUT2D eigenvalue weighted by molar-refractivity contribution is 0.0375. The van der Waals surface area contributed by atoms with Crippen LogP contribution in [0.4, 0.5) is 0 Å². The molecule has 398 valence electrons. The van der Waals surface area contributed by atoms with Crippen molar-refractivity contribution >= 4 is 0 Å². The highest BCUT2D eigenvalue weighted by atomic mass is 14.7. The van der Waals surface area contributed by atoms with Crippen molar-refractivity contribution in [2.45, 2.75) is 66.6 Å². The van der Waals surface area contributed by atoms with Crippen molar-refractivity contribution in [1.29, 1.82) is 0 Å². The van der Waals surface area contributed by atoms with Gasteiger partial charge in [0.15, 0.2) is 0 Å². The van der Waals surface area contributed by atoms with Crippen molar-refractivity contribution < 1.29 is 0 Å². The highest BCUT2D eigenvalue weighted by Crippen LogP contribution is 2.73. The fraction of sp³-hybridized carbons (Fsp3) is 0.133. The minimum absolute atomic E-state index is 0.227. The molecule has 0 saturated heterocycles. The van der Waals surface area contributed by atoms with Crippen LogP contribution in [0.5, 0.6) is 0 Å². The molecule has 4 aliphatic carbocycles. The second-order valence-corrected chi connectivity index (χ2v) is 24.6. The van der Waals surface area contributed by atoms with E-state index in [0.29, 0.717) is 0 Å². The lowest BCUT2D eigenvalue weighted by atomic mass is 9.41. The van der Waals surface area contributed by atoms with Crippen molar-refractivity contribution in [2.24, 2.45) is 0 Å².